The lowest BCUT2D eigenvalue weighted by atomic mass is 10.0. The summed E-state index contributed by atoms with van der Waals surface area (Å²) in [5, 5.41) is 2.84. The summed E-state index contributed by atoms with van der Waals surface area (Å²) >= 11 is 0. The normalized spacial score (nSPS) is 19.4. The highest BCUT2D eigenvalue weighted by Crippen LogP contribution is 2.21. The highest BCUT2D eigenvalue weighted by molar-refractivity contribution is 7.89. The number of rotatable bonds is 6. The Bertz CT molecular complexity index is 654. The molecule has 0 spiro atoms. The van der Waals surface area contributed by atoms with E-state index < -0.39 is 10.0 Å². The number of nitrogens with zero attached hydrogens (tertiary/aromatic N) is 1. The van der Waals surface area contributed by atoms with Crippen molar-refractivity contribution < 1.29 is 17.9 Å². The molecule has 1 fully saturated rings. The molecule has 1 aliphatic heterocycles. The van der Waals surface area contributed by atoms with Crippen molar-refractivity contribution in [3.63, 3.8) is 0 Å². The Morgan fingerprint density at radius 2 is 1.92 bits per heavy atom. The average Bonchev–Trinajstić information content (AvgIpc) is 2.56. The van der Waals surface area contributed by atoms with Crippen LogP contribution in [0.3, 0.4) is 0 Å². The highest BCUT2D eigenvalue weighted by atomic mass is 32.2. The van der Waals surface area contributed by atoms with Crippen LogP contribution in [0.1, 0.15) is 33.6 Å². The molecule has 1 N–H and O–H groups in total. The van der Waals surface area contributed by atoms with E-state index in [4.69, 9.17) is 4.74 Å². The molecule has 0 aliphatic carbocycles. The second-order valence-corrected chi connectivity index (χ2v) is 8.01. The molecule has 1 atom stereocenters. The number of hydrogen-bond donors (Lipinski definition) is 1. The molecule has 0 saturated carbocycles. The maximum absolute atomic E-state index is 12.7. The fourth-order valence-corrected chi connectivity index (χ4v) is 4.27. The molecule has 2 rings (SSSR count). The van der Waals surface area contributed by atoms with Gasteiger partial charge in [0.25, 0.3) is 0 Å². The lowest BCUT2D eigenvalue weighted by Gasteiger charge is -2.30. The number of nitrogens with one attached hydrogen (secondary N) is 1. The van der Waals surface area contributed by atoms with Crippen molar-refractivity contribution >= 4 is 21.6 Å². The predicted octanol–water partition coefficient (Wildman–Crippen LogP) is 2.47. The van der Waals surface area contributed by atoms with E-state index >= 15 is 0 Å². The maximum atomic E-state index is 12.7. The van der Waals surface area contributed by atoms with Crippen molar-refractivity contribution in [3.05, 3.63) is 24.3 Å². The van der Waals surface area contributed by atoms with Crippen molar-refractivity contribution in [1.82, 2.24) is 4.31 Å². The maximum Gasteiger partial charge on any atom is 0.243 e. The third-order valence-corrected chi connectivity index (χ3v) is 6.20. The van der Waals surface area contributed by atoms with E-state index in [0.29, 0.717) is 25.4 Å². The zero-order valence-electron chi connectivity index (χ0n) is 14.5. The number of benzene rings is 1. The lowest BCUT2D eigenvalue weighted by molar-refractivity contribution is -0.120. The molecule has 0 bridgehead atoms. The fraction of sp³-hybridized carbons (Fsp3) is 0.588. The minimum Gasteiger partial charge on any atom is -0.376 e. The van der Waals surface area contributed by atoms with Crippen LogP contribution in [0.5, 0.6) is 0 Å². The number of sulfonamides is 1. The van der Waals surface area contributed by atoms with Gasteiger partial charge in [0.15, 0.2) is 0 Å². The Morgan fingerprint density at radius 3 is 2.46 bits per heavy atom. The van der Waals surface area contributed by atoms with Crippen LogP contribution in [0.2, 0.25) is 0 Å². The second-order valence-electron chi connectivity index (χ2n) is 6.07. The molecule has 1 aromatic rings. The summed E-state index contributed by atoms with van der Waals surface area (Å²) in [7, 11) is -3.53. The third-order valence-electron chi connectivity index (χ3n) is 4.32. The Hall–Kier alpha value is -1.44. The number of hydrogen-bond acceptors (Lipinski definition) is 4. The molecule has 0 radical (unpaired) electrons. The Labute approximate surface area is 144 Å². The van der Waals surface area contributed by atoms with Crippen LogP contribution in [-0.2, 0) is 19.6 Å². The van der Waals surface area contributed by atoms with Crippen molar-refractivity contribution in [3.8, 4) is 0 Å². The summed E-state index contributed by atoms with van der Waals surface area (Å²) in [4.78, 5) is 12.3. The molecule has 0 aromatic heterocycles. The van der Waals surface area contributed by atoms with Crippen molar-refractivity contribution in [2.45, 2.75) is 44.6 Å². The van der Waals surface area contributed by atoms with E-state index in [1.54, 1.807) is 12.1 Å². The molecular formula is C17H26N2O4S. The van der Waals surface area contributed by atoms with Crippen molar-refractivity contribution in [2.75, 3.05) is 25.0 Å². The zero-order valence-corrected chi connectivity index (χ0v) is 15.3. The Morgan fingerprint density at radius 1 is 1.29 bits per heavy atom. The molecular weight excluding hydrogens is 328 g/mol. The summed E-state index contributed by atoms with van der Waals surface area (Å²) in [5.74, 6) is -0.0548. The van der Waals surface area contributed by atoms with Gasteiger partial charge >= 0.3 is 0 Å². The first-order chi connectivity index (χ1) is 11.4. The average molecular weight is 354 g/mol. The van der Waals surface area contributed by atoms with Gasteiger partial charge in [-0.05, 0) is 44.0 Å². The van der Waals surface area contributed by atoms with Crippen LogP contribution in [-0.4, -0.2) is 44.4 Å². The SMILES string of the molecule is CCC(CC)C(=O)Nc1ccc(S(=O)(=O)N2CCOC(C)C2)cc1. The number of ether oxygens (including phenoxy) is 1. The van der Waals surface area contributed by atoms with Crippen molar-refractivity contribution in [2.24, 2.45) is 5.92 Å². The van der Waals surface area contributed by atoms with Crippen molar-refractivity contribution in [1.29, 1.82) is 0 Å². The van der Waals surface area contributed by atoms with Gasteiger partial charge in [0.1, 0.15) is 0 Å². The lowest BCUT2D eigenvalue weighted by Crippen LogP contribution is -2.44. The molecule has 134 valence electrons. The monoisotopic (exact) mass is 354 g/mol. The number of carbonyl (C=O) groups excluding carboxylic acids is 1. The van der Waals surface area contributed by atoms with Crippen LogP contribution in [0.25, 0.3) is 0 Å². The minimum absolute atomic E-state index is 0.0248. The zero-order chi connectivity index (χ0) is 17.7. The second kappa shape index (κ2) is 8.09. The molecule has 24 heavy (non-hydrogen) atoms. The number of morpholine rings is 1. The summed E-state index contributed by atoms with van der Waals surface area (Å²) in [6.07, 6.45) is 1.46. The summed E-state index contributed by atoms with van der Waals surface area (Å²) in [6.45, 7) is 6.94. The molecule has 1 aromatic carbocycles. The van der Waals surface area contributed by atoms with Gasteiger partial charge in [-0.1, -0.05) is 13.8 Å². The molecule has 1 heterocycles. The quantitative estimate of drug-likeness (QED) is 0.851. The number of carbonyl (C=O) groups is 1. The van der Waals surface area contributed by atoms with Crippen LogP contribution >= 0.6 is 0 Å². The molecule has 1 saturated heterocycles. The standard InChI is InChI=1S/C17H26N2O4S/c1-4-14(5-2)17(20)18-15-6-8-16(9-7-15)24(21,22)19-10-11-23-13(3)12-19/h6-9,13-14H,4-5,10-12H2,1-3H3,(H,18,20). The van der Waals surface area contributed by atoms with Gasteiger partial charge in [-0.15, -0.1) is 0 Å². The van der Waals surface area contributed by atoms with Gasteiger partial charge < -0.3 is 10.1 Å². The molecule has 1 amide bonds. The smallest absolute Gasteiger partial charge is 0.243 e. The van der Waals surface area contributed by atoms with Crippen LogP contribution in [0, 0.1) is 5.92 Å². The van der Waals surface area contributed by atoms with E-state index in [9.17, 15) is 13.2 Å². The van der Waals surface area contributed by atoms with Gasteiger partial charge in [-0.2, -0.15) is 4.31 Å². The largest absolute Gasteiger partial charge is 0.376 e. The van der Waals surface area contributed by atoms with Crippen LogP contribution in [0.4, 0.5) is 5.69 Å². The van der Waals surface area contributed by atoms with E-state index in [-0.39, 0.29) is 22.8 Å². The van der Waals surface area contributed by atoms with Gasteiger partial charge in [-0.3, -0.25) is 4.79 Å². The number of amides is 1. The van der Waals surface area contributed by atoms with Crippen LogP contribution < -0.4 is 5.32 Å². The van der Waals surface area contributed by atoms with E-state index in [0.717, 1.165) is 12.8 Å². The predicted molar refractivity (Wildman–Crippen MR) is 93.3 cm³/mol. The summed E-state index contributed by atoms with van der Waals surface area (Å²) < 4.78 is 32.1. The van der Waals surface area contributed by atoms with Gasteiger partial charge in [0.05, 0.1) is 17.6 Å². The van der Waals surface area contributed by atoms with E-state index in [2.05, 4.69) is 5.32 Å². The van der Waals surface area contributed by atoms with E-state index in [1.165, 1.54) is 16.4 Å². The third kappa shape index (κ3) is 4.34. The Kier molecular flexibility index (Phi) is 6.37. The first-order valence-electron chi connectivity index (χ1n) is 8.41. The summed E-state index contributed by atoms with van der Waals surface area (Å²) in [6, 6.07) is 6.35. The minimum atomic E-state index is -3.53. The molecule has 7 heteroatoms. The summed E-state index contributed by atoms with van der Waals surface area (Å²) in [5.41, 5.74) is 0.612. The highest BCUT2D eigenvalue weighted by Gasteiger charge is 2.29. The fourth-order valence-electron chi connectivity index (χ4n) is 2.77. The van der Waals surface area contributed by atoms with Gasteiger partial charge in [0, 0.05) is 24.7 Å². The van der Waals surface area contributed by atoms with E-state index in [1.807, 2.05) is 20.8 Å². The topological polar surface area (TPSA) is 75.7 Å². The van der Waals surface area contributed by atoms with Crippen LogP contribution in [0.15, 0.2) is 29.2 Å². The molecule has 1 aliphatic rings. The first kappa shape index (κ1) is 18.9. The number of anilines is 1. The van der Waals surface area contributed by atoms with Gasteiger partial charge in [-0.25, -0.2) is 8.42 Å². The molecule has 6 nitrogen and oxygen atoms in total. The first-order valence-corrected chi connectivity index (χ1v) is 9.85. The Balaban J connectivity index is 2.09. The molecule has 1 unspecified atom stereocenters. The van der Waals surface area contributed by atoms with Gasteiger partial charge in [0.2, 0.25) is 15.9 Å².